The van der Waals surface area contributed by atoms with Gasteiger partial charge < -0.3 is 4.90 Å². The van der Waals surface area contributed by atoms with E-state index in [1.807, 2.05) is 16.8 Å². The molecule has 0 bridgehead atoms. The van der Waals surface area contributed by atoms with Crippen molar-refractivity contribution in [1.29, 1.82) is 0 Å². The maximum absolute atomic E-state index is 12.9. The molecule has 0 aliphatic carbocycles. The lowest BCUT2D eigenvalue weighted by Crippen LogP contribution is -2.42. The number of hydrogen-bond acceptors (Lipinski definition) is 6. The Kier molecular flexibility index (Phi) is 5.36. The van der Waals surface area contributed by atoms with E-state index in [1.54, 1.807) is 21.6 Å². The highest BCUT2D eigenvalue weighted by molar-refractivity contribution is 7.91. The van der Waals surface area contributed by atoms with Crippen molar-refractivity contribution in [3.63, 3.8) is 0 Å². The summed E-state index contributed by atoms with van der Waals surface area (Å²) in [5, 5.41) is 6.59. The van der Waals surface area contributed by atoms with Gasteiger partial charge in [-0.1, -0.05) is 13.3 Å². The van der Waals surface area contributed by atoms with Crippen LogP contribution in [0.3, 0.4) is 0 Å². The molecule has 1 aliphatic rings. The first kappa shape index (κ1) is 17.6. The second-order valence-electron chi connectivity index (χ2n) is 5.96. The SMILES string of the molecule is CCCCN(C(=O)c1csc(-c2ccsc2)n1)C1CCS(=O)(=O)C1. The molecule has 5 nitrogen and oxygen atoms in total. The molecule has 1 saturated heterocycles. The van der Waals surface area contributed by atoms with E-state index in [0.717, 1.165) is 23.4 Å². The molecule has 0 spiro atoms. The van der Waals surface area contributed by atoms with Gasteiger partial charge in [0, 0.05) is 28.9 Å². The molecular weight excluding hydrogens is 364 g/mol. The van der Waals surface area contributed by atoms with Crippen molar-refractivity contribution in [2.24, 2.45) is 0 Å². The lowest BCUT2D eigenvalue weighted by molar-refractivity contribution is 0.0689. The van der Waals surface area contributed by atoms with E-state index in [4.69, 9.17) is 0 Å². The summed E-state index contributed by atoms with van der Waals surface area (Å²) in [7, 11) is -3.02. The van der Waals surface area contributed by atoms with Crippen LogP contribution in [0.15, 0.2) is 22.2 Å². The van der Waals surface area contributed by atoms with Gasteiger partial charge in [0.1, 0.15) is 10.7 Å². The number of sulfone groups is 1. The van der Waals surface area contributed by atoms with Crippen LogP contribution >= 0.6 is 22.7 Å². The van der Waals surface area contributed by atoms with Gasteiger partial charge in [0.25, 0.3) is 5.91 Å². The minimum Gasteiger partial charge on any atom is -0.333 e. The van der Waals surface area contributed by atoms with Gasteiger partial charge >= 0.3 is 0 Å². The number of unbranched alkanes of at least 4 members (excludes halogenated alkanes) is 1. The molecule has 24 heavy (non-hydrogen) atoms. The van der Waals surface area contributed by atoms with Crippen LogP contribution in [0.25, 0.3) is 10.6 Å². The fraction of sp³-hybridized carbons (Fsp3) is 0.500. The maximum Gasteiger partial charge on any atom is 0.273 e. The van der Waals surface area contributed by atoms with Crippen LogP contribution in [0.1, 0.15) is 36.7 Å². The standard InChI is InChI=1S/C16H20N2O3S3/c1-2-3-6-18(13-5-8-24(20,21)11-13)16(19)14-10-23-15(17-14)12-4-7-22-9-12/h4,7,9-10,13H,2-3,5-6,8,11H2,1H3. The van der Waals surface area contributed by atoms with Crippen LogP contribution < -0.4 is 0 Å². The van der Waals surface area contributed by atoms with E-state index in [1.165, 1.54) is 11.3 Å². The Hall–Kier alpha value is -1.25. The Bertz CT molecular complexity index is 796. The molecule has 1 fully saturated rings. The third-order valence-corrected chi connectivity index (χ3v) is 7.48. The molecule has 0 saturated carbocycles. The van der Waals surface area contributed by atoms with Gasteiger partial charge in [0.2, 0.25) is 0 Å². The number of thiophene rings is 1. The molecule has 1 aliphatic heterocycles. The van der Waals surface area contributed by atoms with E-state index in [0.29, 0.717) is 18.7 Å². The average molecular weight is 385 g/mol. The Morgan fingerprint density at radius 2 is 2.25 bits per heavy atom. The summed E-state index contributed by atoms with van der Waals surface area (Å²) in [6.45, 7) is 2.65. The molecule has 0 aromatic carbocycles. The molecular formula is C16H20N2O3S3. The van der Waals surface area contributed by atoms with Crippen molar-refractivity contribution in [2.75, 3.05) is 18.1 Å². The second-order valence-corrected chi connectivity index (χ2v) is 9.83. The Morgan fingerprint density at radius 1 is 1.42 bits per heavy atom. The summed E-state index contributed by atoms with van der Waals surface area (Å²) in [5.74, 6) is 0.0951. The first-order valence-electron chi connectivity index (χ1n) is 7.99. The summed E-state index contributed by atoms with van der Waals surface area (Å²) in [5.41, 5.74) is 1.44. The fourth-order valence-electron chi connectivity index (χ4n) is 2.84. The van der Waals surface area contributed by atoms with Crippen molar-refractivity contribution in [1.82, 2.24) is 9.88 Å². The minimum atomic E-state index is -3.02. The van der Waals surface area contributed by atoms with Gasteiger partial charge in [-0.05, 0) is 24.3 Å². The zero-order valence-corrected chi connectivity index (χ0v) is 15.9. The molecule has 0 radical (unpaired) electrons. The molecule has 1 atom stereocenters. The topological polar surface area (TPSA) is 67.3 Å². The number of rotatable bonds is 6. The predicted molar refractivity (Wildman–Crippen MR) is 98.4 cm³/mol. The van der Waals surface area contributed by atoms with Gasteiger partial charge in [-0.15, -0.1) is 11.3 Å². The Balaban J connectivity index is 1.81. The van der Waals surface area contributed by atoms with Crippen LogP contribution in [-0.4, -0.2) is 48.3 Å². The van der Waals surface area contributed by atoms with Crippen LogP contribution in [0.4, 0.5) is 0 Å². The zero-order valence-electron chi connectivity index (χ0n) is 13.5. The first-order chi connectivity index (χ1) is 11.5. The molecule has 1 unspecified atom stereocenters. The number of nitrogens with zero attached hydrogens (tertiary/aromatic N) is 2. The normalized spacial score (nSPS) is 19.5. The lowest BCUT2D eigenvalue weighted by atomic mass is 10.2. The highest BCUT2D eigenvalue weighted by Crippen LogP contribution is 2.27. The first-order valence-corrected chi connectivity index (χ1v) is 11.6. The molecule has 2 aromatic rings. The zero-order chi connectivity index (χ0) is 17.2. The molecule has 0 N–H and O–H groups in total. The predicted octanol–water partition coefficient (Wildman–Crippen LogP) is 3.30. The third-order valence-electron chi connectivity index (χ3n) is 4.15. The number of amides is 1. The highest BCUT2D eigenvalue weighted by Gasteiger charge is 2.35. The summed E-state index contributed by atoms with van der Waals surface area (Å²) in [6.07, 6.45) is 2.35. The van der Waals surface area contributed by atoms with Gasteiger partial charge in [-0.25, -0.2) is 13.4 Å². The average Bonchev–Trinajstić information content (AvgIpc) is 3.26. The number of hydrogen-bond donors (Lipinski definition) is 0. The third kappa shape index (κ3) is 3.87. The van der Waals surface area contributed by atoms with Gasteiger partial charge in [0.05, 0.1) is 11.5 Å². The molecule has 3 heterocycles. The molecule has 8 heteroatoms. The Labute approximate surface area is 150 Å². The van der Waals surface area contributed by atoms with E-state index >= 15 is 0 Å². The molecule has 130 valence electrons. The van der Waals surface area contributed by atoms with Crippen molar-refractivity contribution in [3.8, 4) is 10.6 Å². The molecule has 2 aromatic heterocycles. The molecule has 3 rings (SSSR count). The van der Waals surface area contributed by atoms with E-state index < -0.39 is 9.84 Å². The van der Waals surface area contributed by atoms with Crippen LogP contribution in [0.5, 0.6) is 0 Å². The van der Waals surface area contributed by atoms with E-state index in [2.05, 4.69) is 11.9 Å². The maximum atomic E-state index is 12.9. The number of carbonyl (C=O) groups excluding carboxylic acids is 1. The molecule has 1 amide bonds. The lowest BCUT2D eigenvalue weighted by Gasteiger charge is -2.27. The monoisotopic (exact) mass is 384 g/mol. The van der Waals surface area contributed by atoms with Gasteiger partial charge in [-0.2, -0.15) is 11.3 Å². The largest absolute Gasteiger partial charge is 0.333 e. The van der Waals surface area contributed by atoms with Gasteiger partial charge in [0.15, 0.2) is 9.84 Å². The highest BCUT2D eigenvalue weighted by atomic mass is 32.2. The summed E-state index contributed by atoms with van der Waals surface area (Å²) >= 11 is 3.04. The van der Waals surface area contributed by atoms with Crippen LogP contribution in [-0.2, 0) is 9.84 Å². The van der Waals surface area contributed by atoms with E-state index in [9.17, 15) is 13.2 Å². The smallest absolute Gasteiger partial charge is 0.273 e. The van der Waals surface area contributed by atoms with Crippen molar-refractivity contribution >= 4 is 38.4 Å². The minimum absolute atomic E-state index is 0.0734. The fourth-order valence-corrected chi connectivity index (χ4v) is 6.07. The number of thiazole rings is 1. The van der Waals surface area contributed by atoms with Gasteiger partial charge in [-0.3, -0.25) is 4.79 Å². The quantitative estimate of drug-likeness (QED) is 0.766. The number of aromatic nitrogens is 1. The summed E-state index contributed by atoms with van der Waals surface area (Å²) in [4.78, 5) is 19.1. The van der Waals surface area contributed by atoms with E-state index in [-0.39, 0.29) is 23.5 Å². The van der Waals surface area contributed by atoms with Crippen molar-refractivity contribution < 1.29 is 13.2 Å². The van der Waals surface area contributed by atoms with Crippen molar-refractivity contribution in [3.05, 3.63) is 27.9 Å². The Morgan fingerprint density at radius 3 is 2.88 bits per heavy atom. The van der Waals surface area contributed by atoms with Crippen molar-refractivity contribution in [2.45, 2.75) is 32.2 Å². The second kappa shape index (κ2) is 7.33. The summed E-state index contributed by atoms with van der Waals surface area (Å²) < 4.78 is 23.6. The number of carbonyl (C=O) groups is 1. The van der Waals surface area contributed by atoms with Crippen LogP contribution in [0.2, 0.25) is 0 Å². The van der Waals surface area contributed by atoms with Crippen LogP contribution in [0, 0.1) is 0 Å². The summed E-state index contributed by atoms with van der Waals surface area (Å²) in [6, 6.07) is 1.76.